The van der Waals surface area contributed by atoms with E-state index in [9.17, 15) is 22.8 Å². The van der Waals surface area contributed by atoms with Crippen molar-refractivity contribution in [3.05, 3.63) is 36.0 Å². The molecule has 0 radical (unpaired) electrons. The van der Waals surface area contributed by atoms with Crippen molar-refractivity contribution < 1.29 is 27.5 Å². The van der Waals surface area contributed by atoms with Gasteiger partial charge >= 0.3 is 6.18 Å². The van der Waals surface area contributed by atoms with E-state index in [-0.39, 0.29) is 17.8 Å². The average molecular weight is 328 g/mol. The molecule has 0 bridgehead atoms. The van der Waals surface area contributed by atoms with Gasteiger partial charge in [0.15, 0.2) is 0 Å². The quantitative estimate of drug-likeness (QED) is 0.653. The van der Waals surface area contributed by atoms with E-state index in [1.165, 1.54) is 17.7 Å². The predicted octanol–water partition coefficient (Wildman–Crippen LogP) is 2.15. The number of para-hydroxylation sites is 1. The van der Waals surface area contributed by atoms with Crippen LogP contribution < -0.4 is 5.32 Å². The number of aromatic nitrogens is 1. The zero-order valence-corrected chi connectivity index (χ0v) is 12.3. The largest absolute Gasteiger partial charge is 0.454 e. The van der Waals surface area contributed by atoms with E-state index in [0.29, 0.717) is 18.7 Å². The van der Waals surface area contributed by atoms with Gasteiger partial charge in [0.1, 0.15) is 6.54 Å². The van der Waals surface area contributed by atoms with Crippen molar-refractivity contribution in [1.82, 2.24) is 9.88 Å². The van der Waals surface area contributed by atoms with Crippen LogP contribution in [0.3, 0.4) is 0 Å². The van der Waals surface area contributed by atoms with Crippen molar-refractivity contribution in [2.75, 3.05) is 20.3 Å². The Morgan fingerprint density at radius 2 is 1.96 bits per heavy atom. The summed E-state index contributed by atoms with van der Waals surface area (Å²) >= 11 is 0. The second kappa shape index (κ2) is 6.82. The smallest absolute Gasteiger partial charge is 0.383 e. The minimum Gasteiger partial charge on any atom is -0.383 e. The van der Waals surface area contributed by atoms with Gasteiger partial charge in [-0.3, -0.25) is 9.59 Å². The zero-order valence-electron chi connectivity index (χ0n) is 12.3. The number of halogens is 3. The summed E-state index contributed by atoms with van der Waals surface area (Å²) in [5, 5.41) is 2.74. The van der Waals surface area contributed by atoms with Crippen LogP contribution in [0, 0.1) is 0 Å². The molecule has 0 atom stereocenters. The maximum Gasteiger partial charge on any atom is 0.454 e. The van der Waals surface area contributed by atoms with E-state index in [2.05, 4.69) is 5.32 Å². The average Bonchev–Trinajstić information content (AvgIpc) is 2.85. The first-order chi connectivity index (χ1) is 10.8. The van der Waals surface area contributed by atoms with Crippen LogP contribution in [0.5, 0.6) is 0 Å². The molecule has 0 aliphatic carbocycles. The SMILES string of the molecule is COCCNC(=O)Cn1cc(C(=O)C(F)(F)F)c2ccccc21. The number of Topliss-reactive ketones (excluding diaryl/α,β-unsaturated/α-hetero) is 1. The van der Waals surface area contributed by atoms with Gasteiger partial charge in [-0.15, -0.1) is 0 Å². The molecular weight excluding hydrogens is 313 g/mol. The number of nitrogens with zero attached hydrogens (tertiary/aromatic N) is 1. The fourth-order valence-electron chi connectivity index (χ4n) is 2.21. The molecule has 0 fully saturated rings. The normalized spacial score (nSPS) is 11.7. The van der Waals surface area contributed by atoms with Crippen molar-refractivity contribution >= 4 is 22.6 Å². The lowest BCUT2D eigenvalue weighted by molar-refractivity contribution is -0.121. The van der Waals surface area contributed by atoms with Crippen molar-refractivity contribution in [2.24, 2.45) is 0 Å². The maximum absolute atomic E-state index is 12.7. The van der Waals surface area contributed by atoms with Gasteiger partial charge in [0.05, 0.1) is 12.2 Å². The summed E-state index contributed by atoms with van der Waals surface area (Å²) in [6, 6.07) is 6.15. The molecule has 1 aromatic carbocycles. The summed E-state index contributed by atoms with van der Waals surface area (Å²) in [6.45, 7) is 0.439. The minimum atomic E-state index is -4.96. The topological polar surface area (TPSA) is 60.3 Å². The third-order valence-electron chi connectivity index (χ3n) is 3.23. The Morgan fingerprint density at radius 3 is 2.61 bits per heavy atom. The van der Waals surface area contributed by atoms with Gasteiger partial charge in [-0.25, -0.2) is 0 Å². The first-order valence-corrected chi connectivity index (χ1v) is 6.79. The van der Waals surface area contributed by atoms with Gasteiger partial charge in [0, 0.05) is 30.8 Å². The molecule has 0 aliphatic heterocycles. The Labute approximate surface area is 130 Å². The third kappa shape index (κ3) is 3.89. The van der Waals surface area contributed by atoms with Crippen LogP contribution in [0.4, 0.5) is 13.2 Å². The van der Waals surface area contributed by atoms with Gasteiger partial charge < -0.3 is 14.6 Å². The van der Waals surface area contributed by atoms with Crippen LogP contribution in [0.25, 0.3) is 10.9 Å². The van der Waals surface area contributed by atoms with Crippen molar-refractivity contribution in [2.45, 2.75) is 12.7 Å². The molecule has 124 valence electrons. The number of rotatable bonds is 6. The number of amides is 1. The van der Waals surface area contributed by atoms with Crippen LogP contribution in [0.1, 0.15) is 10.4 Å². The Hall–Kier alpha value is -2.35. The van der Waals surface area contributed by atoms with Gasteiger partial charge in [-0.05, 0) is 6.07 Å². The Bertz CT molecular complexity index is 722. The van der Waals surface area contributed by atoms with E-state index < -0.39 is 17.5 Å². The van der Waals surface area contributed by atoms with E-state index in [1.54, 1.807) is 18.2 Å². The van der Waals surface area contributed by atoms with Crippen LogP contribution in [0.2, 0.25) is 0 Å². The summed E-state index contributed by atoms with van der Waals surface area (Å²) in [7, 11) is 1.49. The molecule has 2 rings (SSSR count). The van der Waals surface area contributed by atoms with Gasteiger partial charge in [-0.1, -0.05) is 18.2 Å². The number of nitrogens with one attached hydrogen (secondary N) is 1. The molecule has 1 heterocycles. The van der Waals surface area contributed by atoms with Crippen LogP contribution in [-0.2, 0) is 16.1 Å². The summed E-state index contributed by atoms with van der Waals surface area (Å²) in [6.07, 6.45) is -3.90. The summed E-state index contributed by atoms with van der Waals surface area (Å²) in [5.74, 6) is -2.30. The molecule has 1 amide bonds. The summed E-state index contributed by atoms with van der Waals surface area (Å²) in [5.41, 5.74) is -0.0696. The first-order valence-electron chi connectivity index (χ1n) is 6.79. The minimum absolute atomic E-state index is 0.166. The number of fused-ring (bicyclic) bond motifs is 1. The molecule has 1 aromatic heterocycles. The van der Waals surface area contributed by atoms with Gasteiger partial charge in [-0.2, -0.15) is 13.2 Å². The first kappa shape index (κ1) is 17.0. The molecule has 1 N–H and O–H groups in total. The number of carbonyl (C=O) groups is 2. The Morgan fingerprint density at radius 1 is 1.26 bits per heavy atom. The summed E-state index contributed by atoms with van der Waals surface area (Å²) in [4.78, 5) is 23.3. The van der Waals surface area contributed by atoms with Gasteiger partial charge in [0.2, 0.25) is 5.91 Å². The molecule has 0 saturated carbocycles. The fourth-order valence-corrected chi connectivity index (χ4v) is 2.21. The Kier molecular flexibility index (Phi) is 5.05. The highest BCUT2D eigenvalue weighted by Crippen LogP contribution is 2.28. The fraction of sp³-hybridized carbons (Fsp3) is 0.333. The number of hydrogen-bond donors (Lipinski definition) is 1. The van der Waals surface area contributed by atoms with E-state index >= 15 is 0 Å². The molecule has 2 aromatic rings. The van der Waals surface area contributed by atoms with E-state index in [0.717, 1.165) is 6.20 Å². The number of carbonyl (C=O) groups excluding carboxylic acids is 2. The molecular formula is C15H15F3N2O3. The molecule has 5 nitrogen and oxygen atoms in total. The molecule has 23 heavy (non-hydrogen) atoms. The highest BCUT2D eigenvalue weighted by Gasteiger charge is 2.40. The number of alkyl halides is 3. The summed E-state index contributed by atoms with van der Waals surface area (Å²) < 4.78 is 44.2. The van der Waals surface area contributed by atoms with Crippen molar-refractivity contribution in [3.63, 3.8) is 0 Å². The molecule has 0 saturated heterocycles. The van der Waals surface area contributed by atoms with Crippen LogP contribution in [0.15, 0.2) is 30.5 Å². The van der Waals surface area contributed by atoms with Crippen molar-refractivity contribution in [3.8, 4) is 0 Å². The molecule has 0 unspecified atom stereocenters. The Balaban J connectivity index is 2.31. The second-order valence-electron chi connectivity index (χ2n) is 4.86. The van der Waals surface area contributed by atoms with E-state index in [1.807, 2.05) is 0 Å². The van der Waals surface area contributed by atoms with Gasteiger partial charge in [0.25, 0.3) is 5.78 Å². The molecule has 0 spiro atoms. The lowest BCUT2D eigenvalue weighted by atomic mass is 10.1. The van der Waals surface area contributed by atoms with Crippen LogP contribution in [-0.4, -0.2) is 42.7 Å². The van der Waals surface area contributed by atoms with Crippen molar-refractivity contribution in [1.29, 1.82) is 0 Å². The maximum atomic E-state index is 12.7. The predicted molar refractivity (Wildman–Crippen MR) is 77.2 cm³/mol. The highest BCUT2D eigenvalue weighted by molar-refractivity contribution is 6.10. The van der Waals surface area contributed by atoms with Crippen LogP contribution >= 0.6 is 0 Å². The second-order valence-corrected chi connectivity index (χ2v) is 4.86. The lowest BCUT2D eigenvalue weighted by Crippen LogP contribution is -2.30. The standard InChI is InChI=1S/C15H15F3N2O3/c1-23-7-6-19-13(21)9-20-8-11(14(22)15(16,17)18)10-4-2-3-5-12(10)20/h2-5,8H,6-7,9H2,1H3,(H,19,21). The number of ketones is 1. The molecule has 0 aliphatic rings. The number of methoxy groups -OCH3 is 1. The number of ether oxygens (including phenoxy) is 1. The highest BCUT2D eigenvalue weighted by atomic mass is 19.4. The zero-order chi connectivity index (χ0) is 17.0. The molecule has 8 heteroatoms. The third-order valence-corrected chi connectivity index (χ3v) is 3.23. The number of hydrogen-bond acceptors (Lipinski definition) is 3. The lowest BCUT2D eigenvalue weighted by Gasteiger charge is -2.06. The number of benzene rings is 1. The monoisotopic (exact) mass is 328 g/mol. The van der Waals surface area contributed by atoms with E-state index in [4.69, 9.17) is 4.74 Å².